The van der Waals surface area contributed by atoms with Crippen LogP contribution in [0.4, 0.5) is 0 Å². The van der Waals surface area contributed by atoms with Gasteiger partial charge in [-0.05, 0) is 31.4 Å². The van der Waals surface area contributed by atoms with Crippen LogP contribution in [-0.2, 0) is 13.7 Å². The van der Waals surface area contributed by atoms with Crippen molar-refractivity contribution in [1.29, 1.82) is 0 Å². The van der Waals surface area contributed by atoms with Crippen molar-refractivity contribution in [1.82, 2.24) is 19.5 Å². The molecular formula is C13H21Cl2N4O13P3. The third-order valence-corrected chi connectivity index (χ3v) is 4.40. The molecule has 1 aliphatic rings. The number of rotatable bonds is 1. The van der Waals surface area contributed by atoms with Crippen LogP contribution in [0, 0.1) is 17.8 Å². The van der Waals surface area contributed by atoms with Crippen molar-refractivity contribution in [3.05, 3.63) is 16.8 Å². The van der Waals surface area contributed by atoms with E-state index in [0.717, 1.165) is 0 Å². The van der Waals surface area contributed by atoms with E-state index in [9.17, 15) is 5.11 Å². The van der Waals surface area contributed by atoms with Crippen LogP contribution in [0.5, 0.6) is 0 Å². The van der Waals surface area contributed by atoms with E-state index in [1.807, 2.05) is 11.5 Å². The first-order valence-corrected chi connectivity index (χ1v) is 14.0. The van der Waals surface area contributed by atoms with Crippen LogP contribution < -0.4 is 0 Å². The summed E-state index contributed by atoms with van der Waals surface area (Å²) >= 11 is 11.8. The molecule has 3 atom stereocenters. The fraction of sp³-hybridized carbons (Fsp3) is 0.462. The van der Waals surface area contributed by atoms with Gasteiger partial charge in [-0.15, -0.1) is 6.42 Å². The number of aliphatic hydroxyl groups is 1. The highest BCUT2D eigenvalue weighted by molar-refractivity contribution is 7.45. The maximum atomic E-state index is 10.1. The summed E-state index contributed by atoms with van der Waals surface area (Å²) in [6, 6.07) is 0.0121. The number of phosphoric acid groups is 3. The minimum atomic E-state index is -4.64. The minimum absolute atomic E-state index is 0.0121. The van der Waals surface area contributed by atoms with Crippen LogP contribution in [0.3, 0.4) is 0 Å². The van der Waals surface area contributed by atoms with Gasteiger partial charge in [-0.3, -0.25) is 0 Å². The van der Waals surface area contributed by atoms with Gasteiger partial charge in [0.25, 0.3) is 0 Å². The number of imidazole rings is 1. The van der Waals surface area contributed by atoms with Crippen LogP contribution in [0.1, 0.15) is 25.8 Å². The van der Waals surface area contributed by atoms with Crippen LogP contribution >= 0.6 is 46.7 Å². The van der Waals surface area contributed by atoms with Gasteiger partial charge in [0.2, 0.25) is 5.28 Å². The van der Waals surface area contributed by atoms with E-state index in [-0.39, 0.29) is 16.5 Å². The summed E-state index contributed by atoms with van der Waals surface area (Å²) in [5.74, 6) is 2.68. The fourth-order valence-electron chi connectivity index (χ4n) is 2.72. The van der Waals surface area contributed by atoms with Gasteiger partial charge in [-0.1, -0.05) is 17.5 Å². The van der Waals surface area contributed by atoms with Crippen molar-refractivity contribution in [2.75, 3.05) is 0 Å². The van der Waals surface area contributed by atoms with Crippen LogP contribution in [0.15, 0.2) is 6.33 Å². The molecular weight excluding hydrogens is 584 g/mol. The van der Waals surface area contributed by atoms with Crippen molar-refractivity contribution in [3.8, 4) is 12.3 Å². The van der Waals surface area contributed by atoms with E-state index in [2.05, 4.69) is 20.9 Å². The normalized spacial score (nSPS) is 22.1. The summed E-state index contributed by atoms with van der Waals surface area (Å²) in [6.45, 7) is 1.88. The molecule has 0 radical (unpaired) electrons. The Kier molecular flexibility index (Phi) is 12.6. The Morgan fingerprint density at radius 1 is 1.00 bits per heavy atom. The lowest BCUT2D eigenvalue weighted by Gasteiger charge is -2.20. The monoisotopic (exact) mass is 604 g/mol. The lowest BCUT2D eigenvalue weighted by Crippen LogP contribution is -2.23. The van der Waals surface area contributed by atoms with Gasteiger partial charge in [0.1, 0.15) is 5.52 Å². The number of aromatic nitrogens is 4. The standard InChI is InChI=1S/C13H12Cl2N4O.3H3O4P/c1-3-13(2)5-7(4-8(13)20)19-6-16-9-10(14)17-12(15)18-11(9)19;3*1-5(2,3)4/h1,6-8,20H,4-5H2,2H3;3*(H3,1,2,3,4)/t7-,8-,13+;;;/m0.../s1. The molecule has 1 aliphatic carbocycles. The minimum Gasteiger partial charge on any atom is -0.391 e. The van der Waals surface area contributed by atoms with E-state index in [1.165, 1.54) is 0 Å². The third-order valence-electron chi connectivity index (χ3n) is 3.97. The molecule has 17 nitrogen and oxygen atoms in total. The first-order chi connectivity index (χ1) is 15.4. The Hall–Kier alpha value is -1.02. The second-order valence-corrected chi connectivity index (χ2v) is 10.6. The highest BCUT2D eigenvalue weighted by atomic mass is 35.5. The molecule has 1 saturated carbocycles. The third kappa shape index (κ3) is 15.0. The Bertz CT molecular complexity index is 1120. The number of fused-ring (bicyclic) bond motifs is 1. The predicted molar refractivity (Wildman–Crippen MR) is 119 cm³/mol. The topological polar surface area (TPSA) is 297 Å². The maximum Gasteiger partial charge on any atom is 0.466 e. The zero-order valence-corrected chi connectivity index (χ0v) is 21.5. The Labute approximate surface area is 206 Å². The SMILES string of the molecule is C#C[C@]1(C)C[C@@H](n2cnc3c(Cl)nc(Cl)nc32)C[C@@H]1O.O=P(O)(O)O.O=P(O)(O)O.O=P(O)(O)O. The zero-order chi connectivity index (χ0) is 28.0. The highest BCUT2D eigenvalue weighted by Crippen LogP contribution is 2.44. The van der Waals surface area contributed by atoms with Gasteiger partial charge in [-0.2, -0.15) is 4.98 Å². The average molecular weight is 605 g/mol. The molecule has 22 heteroatoms. The Balaban J connectivity index is 0.000000635. The first kappa shape index (κ1) is 34.0. The summed E-state index contributed by atoms with van der Waals surface area (Å²) in [5, 5.41) is 10.4. The average Bonchev–Trinajstić information content (AvgIpc) is 3.12. The fourth-order valence-corrected chi connectivity index (χ4v) is 3.14. The van der Waals surface area contributed by atoms with Gasteiger partial charge < -0.3 is 53.7 Å². The van der Waals surface area contributed by atoms with Crippen molar-refractivity contribution >= 4 is 57.8 Å². The summed E-state index contributed by atoms with van der Waals surface area (Å²) in [4.78, 5) is 76.9. The number of aliphatic hydroxyl groups excluding tert-OH is 1. The summed E-state index contributed by atoms with van der Waals surface area (Å²) in [7, 11) is -13.9. The van der Waals surface area contributed by atoms with E-state index >= 15 is 0 Å². The van der Waals surface area contributed by atoms with Gasteiger partial charge in [0.15, 0.2) is 10.8 Å². The molecule has 0 aromatic carbocycles. The van der Waals surface area contributed by atoms with E-state index < -0.39 is 35.0 Å². The van der Waals surface area contributed by atoms with Crippen LogP contribution in [0.2, 0.25) is 10.4 Å². The summed E-state index contributed by atoms with van der Waals surface area (Å²) in [6.07, 6.45) is 7.81. The number of nitrogens with zero attached hydrogens (tertiary/aromatic N) is 4. The van der Waals surface area contributed by atoms with E-state index in [0.29, 0.717) is 24.0 Å². The second kappa shape index (κ2) is 13.0. The number of halogens is 2. The van der Waals surface area contributed by atoms with Gasteiger partial charge in [0.05, 0.1) is 17.8 Å². The quantitative estimate of drug-likeness (QED) is 0.0862. The molecule has 2 aromatic rings. The number of hydrogen-bond acceptors (Lipinski definition) is 7. The lowest BCUT2D eigenvalue weighted by molar-refractivity contribution is 0.104. The van der Waals surface area contributed by atoms with Crippen molar-refractivity contribution in [2.45, 2.75) is 31.9 Å². The molecule has 2 heterocycles. The van der Waals surface area contributed by atoms with Gasteiger partial charge in [0, 0.05) is 6.04 Å². The maximum absolute atomic E-state index is 10.1. The van der Waals surface area contributed by atoms with Crippen LogP contribution in [-0.4, -0.2) is 74.8 Å². The highest BCUT2D eigenvalue weighted by Gasteiger charge is 2.43. The molecule has 200 valence electrons. The van der Waals surface area contributed by atoms with Crippen molar-refractivity contribution < 1.29 is 62.8 Å². The Morgan fingerprint density at radius 3 is 1.80 bits per heavy atom. The van der Waals surface area contributed by atoms with Crippen LogP contribution in [0.25, 0.3) is 11.2 Å². The molecule has 0 amide bonds. The van der Waals surface area contributed by atoms with E-state index in [4.69, 9.17) is 87.4 Å². The molecule has 0 saturated heterocycles. The molecule has 35 heavy (non-hydrogen) atoms. The van der Waals surface area contributed by atoms with Crippen molar-refractivity contribution in [2.24, 2.45) is 5.41 Å². The van der Waals surface area contributed by atoms with Crippen molar-refractivity contribution in [3.63, 3.8) is 0 Å². The van der Waals surface area contributed by atoms with Gasteiger partial charge >= 0.3 is 23.5 Å². The molecule has 0 bridgehead atoms. The molecule has 0 spiro atoms. The molecule has 3 rings (SSSR count). The molecule has 10 N–H and O–H groups in total. The van der Waals surface area contributed by atoms with Gasteiger partial charge in [-0.25, -0.2) is 23.7 Å². The summed E-state index contributed by atoms with van der Waals surface area (Å²) in [5.41, 5.74) is 0.523. The smallest absolute Gasteiger partial charge is 0.391 e. The first-order valence-electron chi connectivity index (χ1n) is 8.51. The number of terminal acetylenes is 1. The van der Waals surface area contributed by atoms with E-state index in [1.54, 1.807) is 6.33 Å². The molecule has 2 aromatic heterocycles. The lowest BCUT2D eigenvalue weighted by atomic mass is 9.88. The predicted octanol–water partition coefficient (Wildman–Crippen LogP) is -0.317. The Morgan fingerprint density at radius 2 is 1.43 bits per heavy atom. The second-order valence-electron chi connectivity index (χ2n) is 6.82. The number of hydrogen-bond donors (Lipinski definition) is 10. The molecule has 0 aliphatic heterocycles. The molecule has 1 fully saturated rings. The summed E-state index contributed by atoms with van der Waals surface area (Å²) < 4.78 is 28.5. The molecule has 0 unspecified atom stereocenters. The largest absolute Gasteiger partial charge is 0.466 e. The zero-order valence-electron chi connectivity index (χ0n) is 17.3.